The Kier molecular flexibility index (Phi) is 6.73. The van der Waals surface area contributed by atoms with Gasteiger partial charge in [0, 0.05) is 42.5 Å². The Morgan fingerprint density at radius 2 is 1.97 bits per heavy atom. The highest BCUT2D eigenvalue weighted by atomic mass is 19.1. The Hall–Kier alpha value is -3.35. The van der Waals surface area contributed by atoms with Gasteiger partial charge in [-0.1, -0.05) is 24.6 Å². The van der Waals surface area contributed by atoms with Crippen molar-refractivity contribution >= 4 is 5.91 Å². The summed E-state index contributed by atoms with van der Waals surface area (Å²) in [6.45, 7) is 5.12. The largest absolute Gasteiger partial charge is 0.477 e. The Morgan fingerprint density at radius 1 is 1.16 bits per heavy atom. The Morgan fingerprint density at radius 3 is 2.69 bits per heavy atom. The van der Waals surface area contributed by atoms with Crippen molar-refractivity contribution in [2.45, 2.75) is 39.2 Å². The lowest BCUT2D eigenvalue weighted by atomic mass is 9.90. The zero-order chi connectivity index (χ0) is 22.5. The van der Waals surface area contributed by atoms with Gasteiger partial charge >= 0.3 is 0 Å². The van der Waals surface area contributed by atoms with Gasteiger partial charge in [-0.15, -0.1) is 0 Å². The quantitative estimate of drug-likeness (QED) is 0.563. The fourth-order valence-electron chi connectivity index (χ4n) is 4.19. The van der Waals surface area contributed by atoms with Crippen LogP contribution in [-0.2, 0) is 0 Å². The zero-order valence-corrected chi connectivity index (χ0v) is 18.4. The van der Waals surface area contributed by atoms with Crippen LogP contribution >= 0.6 is 0 Å². The molecule has 3 aromatic rings. The molecule has 0 radical (unpaired) electrons. The van der Waals surface area contributed by atoms with Crippen molar-refractivity contribution in [3.8, 4) is 17.3 Å². The summed E-state index contributed by atoms with van der Waals surface area (Å²) in [6.07, 6.45) is 7.28. The minimum atomic E-state index is -0.395. The number of ether oxygens (including phenoxy) is 1. The number of pyridine rings is 1. The second-order valence-corrected chi connectivity index (χ2v) is 8.21. The molecule has 1 unspecified atom stereocenters. The fourth-order valence-corrected chi connectivity index (χ4v) is 4.19. The first-order valence-electron chi connectivity index (χ1n) is 11.0. The molecule has 0 bridgehead atoms. The van der Waals surface area contributed by atoms with Crippen molar-refractivity contribution in [2.24, 2.45) is 5.92 Å². The van der Waals surface area contributed by atoms with E-state index >= 15 is 0 Å². The minimum Gasteiger partial charge on any atom is -0.477 e. The van der Waals surface area contributed by atoms with E-state index in [1.807, 2.05) is 30.0 Å². The van der Waals surface area contributed by atoms with Crippen molar-refractivity contribution in [3.05, 3.63) is 71.9 Å². The molecule has 0 aliphatic carbocycles. The van der Waals surface area contributed by atoms with Crippen LogP contribution in [-0.4, -0.2) is 45.0 Å². The molecule has 1 aliphatic heterocycles. The number of hydrogen-bond acceptors (Lipinski definition) is 5. The zero-order valence-electron chi connectivity index (χ0n) is 18.4. The molecule has 0 spiro atoms. The first kappa shape index (κ1) is 21.9. The normalized spacial score (nSPS) is 18.4. The molecule has 0 N–H and O–H groups in total. The van der Waals surface area contributed by atoms with E-state index in [-0.39, 0.29) is 17.9 Å². The summed E-state index contributed by atoms with van der Waals surface area (Å²) in [5.74, 6) is 0.712. The van der Waals surface area contributed by atoms with Gasteiger partial charge in [-0.3, -0.25) is 4.79 Å². The first-order valence-corrected chi connectivity index (χ1v) is 11.0. The molecule has 1 aromatic carbocycles. The average molecular weight is 435 g/mol. The van der Waals surface area contributed by atoms with Crippen LogP contribution in [0.25, 0.3) is 11.4 Å². The molecule has 0 saturated carbocycles. The summed E-state index contributed by atoms with van der Waals surface area (Å²) in [4.78, 5) is 28.4. The number of hydrogen-bond donors (Lipinski definition) is 0. The number of carbonyl (C=O) groups excluding carboxylic acids is 1. The molecule has 1 amide bonds. The molecule has 2 aromatic heterocycles. The second kappa shape index (κ2) is 9.85. The van der Waals surface area contributed by atoms with Crippen LogP contribution < -0.4 is 4.74 Å². The second-order valence-electron chi connectivity index (χ2n) is 8.21. The van der Waals surface area contributed by atoms with Crippen LogP contribution in [0.3, 0.4) is 0 Å². The molecule has 3 heterocycles. The number of amides is 1. The van der Waals surface area contributed by atoms with Crippen LogP contribution in [0.4, 0.5) is 4.39 Å². The SMILES string of the molecule is CCC1CC[C@H](COc2ccc(F)cn2)CN1C(=O)c1cc(C)ccc1-c1ncccn1. The third-order valence-electron chi connectivity index (χ3n) is 5.92. The van der Waals surface area contributed by atoms with E-state index in [2.05, 4.69) is 21.9 Å². The molecule has 1 saturated heterocycles. The van der Waals surface area contributed by atoms with E-state index in [4.69, 9.17) is 4.74 Å². The molecule has 7 heteroatoms. The lowest BCUT2D eigenvalue weighted by molar-refractivity contribution is 0.0465. The van der Waals surface area contributed by atoms with Gasteiger partial charge in [0.25, 0.3) is 5.91 Å². The van der Waals surface area contributed by atoms with Crippen LogP contribution in [0.2, 0.25) is 0 Å². The molecule has 32 heavy (non-hydrogen) atoms. The van der Waals surface area contributed by atoms with Crippen molar-refractivity contribution < 1.29 is 13.9 Å². The maximum Gasteiger partial charge on any atom is 0.254 e. The van der Waals surface area contributed by atoms with Crippen LogP contribution in [0.1, 0.15) is 42.1 Å². The van der Waals surface area contributed by atoms with E-state index in [1.54, 1.807) is 18.5 Å². The number of carbonyl (C=O) groups is 1. The van der Waals surface area contributed by atoms with Crippen molar-refractivity contribution in [3.63, 3.8) is 0 Å². The van der Waals surface area contributed by atoms with Gasteiger partial charge in [-0.05, 0) is 44.4 Å². The van der Waals surface area contributed by atoms with Crippen molar-refractivity contribution in [1.82, 2.24) is 19.9 Å². The molecule has 1 aliphatic rings. The smallest absolute Gasteiger partial charge is 0.254 e. The number of nitrogens with zero attached hydrogens (tertiary/aromatic N) is 4. The maximum atomic E-state index is 13.7. The van der Waals surface area contributed by atoms with Crippen LogP contribution in [0.5, 0.6) is 5.88 Å². The molecule has 6 nitrogen and oxygen atoms in total. The number of benzene rings is 1. The van der Waals surface area contributed by atoms with E-state index in [0.29, 0.717) is 30.4 Å². The monoisotopic (exact) mass is 434 g/mol. The minimum absolute atomic E-state index is 0.00684. The number of aromatic nitrogens is 3. The summed E-state index contributed by atoms with van der Waals surface area (Å²) in [5, 5.41) is 0. The molecule has 2 atom stereocenters. The summed E-state index contributed by atoms with van der Waals surface area (Å²) < 4.78 is 18.9. The van der Waals surface area contributed by atoms with Crippen LogP contribution in [0.15, 0.2) is 55.0 Å². The number of likely N-dealkylation sites (tertiary alicyclic amines) is 1. The number of rotatable bonds is 6. The first-order chi connectivity index (χ1) is 15.5. The Labute approximate surface area is 187 Å². The maximum absolute atomic E-state index is 13.7. The van der Waals surface area contributed by atoms with E-state index in [9.17, 15) is 9.18 Å². The average Bonchev–Trinajstić information content (AvgIpc) is 2.83. The van der Waals surface area contributed by atoms with Gasteiger partial charge in [0.1, 0.15) is 5.82 Å². The van der Waals surface area contributed by atoms with Gasteiger partial charge in [0.05, 0.1) is 18.4 Å². The Balaban J connectivity index is 1.54. The molecule has 1 fully saturated rings. The van der Waals surface area contributed by atoms with Crippen molar-refractivity contribution in [1.29, 1.82) is 0 Å². The summed E-state index contributed by atoms with van der Waals surface area (Å²) in [5.41, 5.74) is 2.38. The van der Waals surface area contributed by atoms with Gasteiger partial charge in [0.15, 0.2) is 5.82 Å². The number of piperidine rings is 1. The molecular weight excluding hydrogens is 407 g/mol. The molecular formula is C25H27FN4O2. The standard InChI is InChI=1S/C25H27FN4O2/c1-3-20-8-6-18(16-32-23-10-7-19(26)14-29-23)15-30(20)25(31)22-13-17(2)5-9-21(22)24-27-11-4-12-28-24/h4-5,7,9-14,18,20H,3,6,8,15-16H2,1-2H3/t18-,20?/m0/s1. The van der Waals surface area contributed by atoms with E-state index < -0.39 is 5.82 Å². The van der Waals surface area contributed by atoms with E-state index in [1.165, 1.54) is 12.1 Å². The number of aryl methyl sites for hydroxylation is 1. The topological polar surface area (TPSA) is 68.2 Å². The van der Waals surface area contributed by atoms with Gasteiger partial charge in [-0.25, -0.2) is 19.3 Å². The third-order valence-corrected chi connectivity index (χ3v) is 5.92. The highest BCUT2D eigenvalue weighted by molar-refractivity contribution is 6.00. The highest BCUT2D eigenvalue weighted by Gasteiger charge is 2.33. The molecule has 166 valence electrons. The Bertz CT molecular complexity index is 1060. The van der Waals surface area contributed by atoms with Crippen LogP contribution in [0, 0.1) is 18.7 Å². The van der Waals surface area contributed by atoms with Gasteiger partial charge in [0.2, 0.25) is 5.88 Å². The lowest BCUT2D eigenvalue weighted by Gasteiger charge is -2.39. The fraction of sp³-hybridized carbons (Fsp3) is 0.360. The summed E-state index contributed by atoms with van der Waals surface area (Å²) in [6, 6.07) is 10.6. The van der Waals surface area contributed by atoms with E-state index in [0.717, 1.165) is 36.6 Å². The van der Waals surface area contributed by atoms with Gasteiger partial charge < -0.3 is 9.64 Å². The number of halogens is 1. The highest BCUT2D eigenvalue weighted by Crippen LogP contribution is 2.29. The third kappa shape index (κ3) is 4.93. The molecule has 4 rings (SSSR count). The summed E-state index contributed by atoms with van der Waals surface area (Å²) in [7, 11) is 0. The predicted molar refractivity (Wildman–Crippen MR) is 120 cm³/mol. The lowest BCUT2D eigenvalue weighted by Crippen LogP contribution is -2.48. The summed E-state index contributed by atoms with van der Waals surface area (Å²) >= 11 is 0. The van der Waals surface area contributed by atoms with Crippen molar-refractivity contribution in [2.75, 3.05) is 13.2 Å². The van der Waals surface area contributed by atoms with Gasteiger partial charge in [-0.2, -0.15) is 0 Å². The predicted octanol–water partition coefficient (Wildman–Crippen LogP) is 4.70.